The molecule has 0 aliphatic heterocycles. The number of carbonyl (C=O) groups excluding carboxylic acids is 1. The van der Waals surface area contributed by atoms with E-state index in [1.54, 1.807) is 0 Å². The van der Waals surface area contributed by atoms with Gasteiger partial charge in [-0.25, -0.2) is 18.8 Å². The summed E-state index contributed by atoms with van der Waals surface area (Å²) in [5.41, 5.74) is 8.10. The molecular weight excluding hydrogens is 376 g/mol. The Morgan fingerprint density at radius 1 is 1.39 bits per heavy atom. The molecule has 0 bridgehead atoms. The van der Waals surface area contributed by atoms with Crippen molar-refractivity contribution in [1.29, 1.82) is 0 Å². The van der Waals surface area contributed by atoms with Gasteiger partial charge >= 0.3 is 0 Å². The fourth-order valence-electron chi connectivity index (χ4n) is 2.31. The topological polar surface area (TPSA) is 142 Å². The maximum Gasteiger partial charge on any atom is 0.294 e. The summed E-state index contributed by atoms with van der Waals surface area (Å²) in [4.78, 5) is 13.4. The van der Waals surface area contributed by atoms with Crippen LogP contribution in [0.3, 0.4) is 0 Å². The Hall–Kier alpha value is -3.74. The van der Waals surface area contributed by atoms with Crippen LogP contribution >= 0.6 is 0 Å². The molecule has 0 saturated heterocycles. The van der Waals surface area contributed by atoms with Crippen molar-refractivity contribution in [2.45, 2.75) is 6.54 Å². The van der Waals surface area contributed by atoms with Gasteiger partial charge in [-0.2, -0.15) is 9.78 Å². The number of aromatic nitrogens is 5. The number of hydrogen-bond acceptors (Lipinski definition) is 8. The first-order chi connectivity index (χ1) is 13.4. The molecule has 13 heteroatoms. The molecule has 28 heavy (non-hydrogen) atoms. The molecule has 0 aliphatic carbocycles. The smallest absolute Gasteiger partial charge is 0.294 e. The number of halogens is 2. The van der Waals surface area contributed by atoms with Crippen molar-refractivity contribution in [3.63, 3.8) is 0 Å². The molecule has 0 atom stereocenters. The van der Waals surface area contributed by atoms with Crippen LogP contribution in [0.4, 0.5) is 14.6 Å². The molecule has 3 rings (SSSR count). The number of rotatable bonds is 6. The predicted octanol–water partition coefficient (Wildman–Crippen LogP) is -1.08. The molecule has 2 aromatic heterocycles. The van der Waals surface area contributed by atoms with Gasteiger partial charge < -0.3 is 10.6 Å². The lowest BCUT2D eigenvalue weighted by Gasteiger charge is -2.08. The number of nitrogens with two attached hydrogens (primary N) is 1. The molecule has 0 unspecified atom stereocenters. The number of nitrogen functional groups attached to an aromatic ring is 1. The average Bonchev–Trinajstić information content (AvgIpc) is 3.23. The summed E-state index contributed by atoms with van der Waals surface area (Å²) >= 11 is 0. The molecule has 0 fully saturated rings. The van der Waals surface area contributed by atoms with Gasteiger partial charge in [0.05, 0.1) is 20.3 Å². The Morgan fingerprint density at radius 3 is 2.86 bits per heavy atom. The van der Waals surface area contributed by atoms with Gasteiger partial charge in [0, 0.05) is 5.56 Å². The van der Waals surface area contributed by atoms with Gasteiger partial charge in [0.15, 0.2) is 5.69 Å². The Balaban J connectivity index is 1.85. The van der Waals surface area contributed by atoms with Crippen LogP contribution in [0.1, 0.15) is 21.7 Å². The summed E-state index contributed by atoms with van der Waals surface area (Å²) in [5, 5.41) is 18.5. The predicted molar refractivity (Wildman–Crippen MR) is 91.6 cm³/mol. The minimum atomic E-state index is -0.703. The Morgan fingerprint density at radius 2 is 2.18 bits per heavy atom. The zero-order valence-corrected chi connectivity index (χ0v) is 14.8. The summed E-state index contributed by atoms with van der Waals surface area (Å²) in [6, 6.07) is 2.88. The maximum absolute atomic E-state index is 13.6. The highest BCUT2D eigenvalue weighted by atomic mass is 19.1. The lowest BCUT2D eigenvalue weighted by Crippen LogP contribution is -3.04. The fourth-order valence-corrected chi connectivity index (χ4v) is 2.31. The van der Waals surface area contributed by atoms with E-state index in [2.05, 4.69) is 35.8 Å². The SMILES string of the molecule is C[NH+](C)Cc1c(C(=O)NN=Cc2cc(F)ccc2F)nnn1-c1nonc1N. The van der Waals surface area contributed by atoms with E-state index in [-0.39, 0.29) is 22.9 Å². The lowest BCUT2D eigenvalue weighted by atomic mass is 10.2. The summed E-state index contributed by atoms with van der Waals surface area (Å²) in [6.45, 7) is 0.338. The fraction of sp³-hybridized carbons (Fsp3) is 0.200. The quantitative estimate of drug-likeness (QED) is 0.358. The van der Waals surface area contributed by atoms with E-state index in [0.29, 0.717) is 12.2 Å². The molecule has 4 N–H and O–H groups in total. The highest BCUT2D eigenvalue weighted by Crippen LogP contribution is 2.15. The first kappa shape index (κ1) is 19.0. The molecule has 1 amide bonds. The molecule has 0 spiro atoms. The number of hydrazone groups is 1. The van der Waals surface area contributed by atoms with Crippen LogP contribution in [0.5, 0.6) is 0 Å². The normalized spacial score (nSPS) is 11.5. The Labute approximate surface area is 156 Å². The van der Waals surface area contributed by atoms with Crippen molar-refractivity contribution in [1.82, 2.24) is 30.7 Å². The van der Waals surface area contributed by atoms with Crippen LogP contribution in [-0.2, 0) is 6.54 Å². The number of anilines is 1. The molecule has 0 aliphatic rings. The largest absolute Gasteiger partial charge is 0.378 e. The second-order valence-corrected chi connectivity index (χ2v) is 6.02. The molecule has 0 saturated carbocycles. The van der Waals surface area contributed by atoms with Gasteiger partial charge in [0.25, 0.3) is 5.91 Å². The highest BCUT2D eigenvalue weighted by Gasteiger charge is 2.25. The molecule has 0 radical (unpaired) electrons. The van der Waals surface area contributed by atoms with E-state index in [0.717, 1.165) is 29.3 Å². The van der Waals surface area contributed by atoms with Crippen LogP contribution < -0.4 is 16.1 Å². The standard InChI is InChI=1S/C15H15F2N9O2/c1-25(2)7-11-12(20-24-26(11)14-13(18)22-28-23-14)15(27)21-19-6-8-5-9(16)3-4-10(8)17/h3-6H,7H2,1-2H3,(H2,18,22)(H,21,27)/p+1. The molecule has 1 aromatic carbocycles. The van der Waals surface area contributed by atoms with Crippen molar-refractivity contribution in [2.24, 2.45) is 5.10 Å². The van der Waals surface area contributed by atoms with Crippen molar-refractivity contribution < 1.29 is 23.1 Å². The van der Waals surface area contributed by atoms with Gasteiger partial charge in [-0.15, -0.1) is 5.10 Å². The number of nitrogens with zero attached hydrogens (tertiary/aromatic N) is 6. The monoisotopic (exact) mass is 392 g/mol. The first-order valence-electron chi connectivity index (χ1n) is 7.97. The number of quaternary nitrogens is 1. The van der Waals surface area contributed by atoms with Gasteiger partial charge in [-0.3, -0.25) is 4.79 Å². The first-order valence-corrected chi connectivity index (χ1v) is 7.97. The van der Waals surface area contributed by atoms with E-state index in [1.165, 1.54) is 4.68 Å². The van der Waals surface area contributed by atoms with Crippen LogP contribution in [-0.4, -0.2) is 51.5 Å². The third-order valence-electron chi connectivity index (χ3n) is 3.52. The zero-order chi connectivity index (χ0) is 20.3. The van der Waals surface area contributed by atoms with E-state index in [4.69, 9.17) is 5.73 Å². The van der Waals surface area contributed by atoms with E-state index in [1.807, 2.05) is 14.1 Å². The van der Waals surface area contributed by atoms with Gasteiger partial charge in [0.2, 0.25) is 11.6 Å². The van der Waals surface area contributed by atoms with E-state index >= 15 is 0 Å². The number of benzene rings is 1. The number of hydrogen-bond donors (Lipinski definition) is 3. The average molecular weight is 392 g/mol. The van der Waals surface area contributed by atoms with Gasteiger partial charge in [-0.05, 0) is 28.5 Å². The molecule has 2 heterocycles. The summed E-state index contributed by atoms with van der Waals surface area (Å²) in [6.07, 6.45) is 0.983. The molecule has 11 nitrogen and oxygen atoms in total. The van der Waals surface area contributed by atoms with E-state index < -0.39 is 17.5 Å². The summed E-state index contributed by atoms with van der Waals surface area (Å²) in [7, 11) is 3.71. The van der Waals surface area contributed by atoms with Crippen molar-refractivity contribution in [3.05, 3.63) is 46.8 Å². The van der Waals surface area contributed by atoms with Crippen molar-refractivity contribution in [2.75, 3.05) is 19.8 Å². The lowest BCUT2D eigenvalue weighted by molar-refractivity contribution is -0.873. The maximum atomic E-state index is 13.6. The van der Waals surface area contributed by atoms with Gasteiger partial charge in [0.1, 0.15) is 23.9 Å². The Bertz CT molecular complexity index is 1030. The minimum Gasteiger partial charge on any atom is -0.378 e. The van der Waals surface area contributed by atoms with Crippen molar-refractivity contribution >= 4 is 17.9 Å². The third kappa shape index (κ3) is 3.98. The van der Waals surface area contributed by atoms with Crippen LogP contribution in [0.25, 0.3) is 5.82 Å². The van der Waals surface area contributed by atoms with Gasteiger partial charge in [-0.1, -0.05) is 5.21 Å². The second kappa shape index (κ2) is 7.87. The molecule has 146 valence electrons. The van der Waals surface area contributed by atoms with E-state index in [9.17, 15) is 13.6 Å². The van der Waals surface area contributed by atoms with Crippen LogP contribution in [0.15, 0.2) is 27.9 Å². The zero-order valence-electron chi connectivity index (χ0n) is 14.8. The number of amides is 1. The highest BCUT2D eigenvalue weighted by molar-refractivity contribution is 5.94. The second-order valence-electron chi connectivity index (χ2n) is 6.02. The summed E-state index contributed by atoms with van der Waals surface area (Å²) < 4.78 is 32.6. The third-order valence-corrected chi connectivity index (χ3v) is 3.52. The van der Waals surface area contributed by atoms with Crippen LogP contribution in [0.2, 0.25) is 0 Å². The van der Waals surface area contributed by atoms with Crippen molar-refractivity contribution in [3.8, 4) is 5.82 Å². The molecule has 3 aromatic rings. The number of nitrogens with one attached hydrogen (secondary N) is 2. The number of carbonyl (C=O) groups is 1. The minimum absolute atomic E-state index is 0.0218. The Kier molecular flexibility index (Phi) is 5.35. The summed E-state index contributed by atoms with van der Waals surface area (Å²) in [5.74, 6) is -1.95. The van der Waals surface area contributed by atoms with Crippen LogP contribution in [0, 0.1) is 11.6 Å². The molecular formula is C15H16F2N9O2+.